The van der Waals surface area contributed by atoms with E-state index in [0.717, 1.165) is 13.0 Å². The fraction of sp³-hybridized carbons (Fsp3) is 0.538. The molecule has 1 aliphatic rings. The summed E-state index contributed by atoms with van der Waals surface area (Å²) >= 11 is 5.99. The molecular formula is C13H18ClN3O2. The van der Waals surface area contributed by atoms with Crippen LogP contribution >= 0.6 is 11.6 Å². The molecule has 0 radical (unpaired) electrons. The molecule has 1 aliphatic heterocycles. The van der Waals surface area contributed by atoms with Crippen LogP contribution in [0.4, 0.5) is 5.69 Å². The molecular weight excluding hydrogens is 266 g/mol. The van der Waals surface area contributed by atoms with Gasteiger partial charge in [-0.15, -0.1) is 0 Å². The predicted octanol–water partition coefficient (Wildman–Crippen LogP) is 1.69. The Hall–Kier alpha value is -1.17. The number of carbonyl (C=O) groups excluding carboxylic acids is 1. The fourth-order valence-electron chi connectivity index (χ4n) is 2.04. The standard InChI is InChI=1S/C13H18ClN3O2/c1-2-4-16-12-8-19-7-9(12)13(18)17-11-6-15-5-3-10(11)14/h3,5-6,9,12,16H,2,4,7-8H2,1H3,(H,17,18). The van der Waals surface area contributed by atoms with Crippen molar-refractivity contribution in [3.8, 4) is 0 Å². The molecule has 2 atom stereocenters. The van der Waals surface area contributed by atoms with Crippen molar-refractivity contribution in [2.75, 3.05) is 25.1 Å². The van der Waals surface area contributed by atoms with E-state index < -0.39 is 0 Å². The van der Waals surface area contributed by atoms with Gasteiger partial charge < -0.3 is 15.4 Å². The van der Waals surface area contributed by atoms with E-state index in [1.165, 1.54) is 0 Å². The lowest BCUT2D eigenvalue weighted by atomic mass is 10.0. The molecule has 0 saturated carbocycles. The summed E-state index contributed by atoms with van der Waals surface area (Å²) in [5.41, 5.74) is 0.537. The van der Waals surface area contributed by atoms with Gasteiger partial charge in [-0.05, 0) is 19.0 Å². The van der Waals surface area contributed by atoms with E-state index in [0.29, 0.717) is 23.9 Å². The molecule has 0 aromatic carbocycles. The van der Waals surface area contributed by atoms with Crippen LogP contribution in [0.3, 0.4) is 0 Å². The lowest BCUT2D eigenvalue weighted by Crippen LogP contribution is -2.41. The average Bonchev–Trinajstić information content (AvgIpc) is 2.87. The van der Waals surface area contributed by atoms with Crippen molar-refractivity contribution >= 4 is 23.2 Å². The van der Waals surface area contributed by atoms with Crippen LogP contribution in [0.5, 0.6) is 0 Å². The minimum absolute atomic E-state index is 0.0652. The molecule has 1 amide bonds. The first-order valence-electron chi connectivity index (χ1n) is 6.44. The van der Waals surface area contributed by atoms with E-state index in [-0.39, 0.29) is 17.9 Å². The predicted molar refractivity (Wildman–Crippen MR) is 74.3 cm³/mol. The molecule has 1 aromatic heterocycles. The number of hydrogen-bond acceptors (Lipinski definition) is 4. The van der Waals surface area contributed by atoms with Crippen LogP contribution in [-0.2, 0) is 9.53 Å². The van der Waals surface area contributed by atoms with Crippen LogP contribution < -0.4 is 10.6 Å². The summed E-state index contributed by atoms with van der Waals surface area (Å²) in [5, 5.41) is 6.62. The number of anilines is 1. The SMILES string of the molecule is CCCNC1COCC1C(=O)Nc1cnccc1Cl. The van der Waals surface area contributed by atoms with Gasteiger partial charge in [-0.2, -0.15) is 0 Å². The lowest BCUT2D eigenvalue weighted by Gasteiger charge is -2.18. The van der Waals surface area contributed by atoms with E-state index >= 15 is 0 Å². The highest BCUT2D eigenvalue weighted by Crippen LogP contribution is 2.22. The molecule has 0 aliphatic carbocycles. The summed E-state index contributed by atoms with van der Waals surface area (Å²) in [6, 6.07) is 1.71. The Morgan fingerprint density at radius 2 is 2.42 bits per heavy atom. The second-order valence-corrected chi connectivity index (χ2v) is 4.96. The molecule has 2 N–H and O–H groups in total. The highest BCUT2D eigenvalue weighted by Gasteiger charge is 2.33. The number of rotatable bonds is 5. The molecule has 1 aromatic rings. The van der Waals surface area contributed by atoms with Crippen molar-refractivity contribution in [2.24, 2.45) is 5.92 Å². The third-order valence-corrected chi connectivity index (χ3v) is 3.43. The summed E-state index contributed by atoms with van der Waals surface area (Å²) in [7, 11) is 0. The van der Waals surface area contributed by atoms with E-state index in [4.69, 9.17) is 16.3 Å². The third kappa shape index (κ3) is 3.65. The van der Waals surface area contributed by atoms with Gasteiger partial charge >= 0.3 is 0 Å². The Balaban J connectivity index is 1.97. The van der Waals surface area contributed by atoms with Gasteiger partial charge in [0.1, 0.15) is 0 Å². The van der Waals surface area contributed by atoms with Gasteiger partial charge in [-0.3, -0.25) is 9.78 Å². The Kier molecular flexibility index (Phi) is 5.13. The monoisotopic (exact) mass is 283 g/mol. The number of ether oxygens (including phenoxy) is 1. The molecule has 0 spiro atoms. The van der Waals surface area contributed by atoms with Crippen molar-refractivity contribution in [2.45, 2.75) is 19.4 Å². The number of aromatic nitrogens is 1. The number of pyridine rings is 1. The Morgan fingerprint density at radius 1 is 1.58 bits per heavy atom. The zero-order valence-corrected chi connectivity index (χ0v) is 11.6. The topological polar surface area (TPSA) is 63.2 Å². The highest BCUT2D eigenvalue weighted by molar-refractivity contribution is 6.33. The Labute approximate surface area is 117 Å². The van der Waals surface area contributed by atoms with Gasteiger partial charge in [0.15, 0.2) is 0 Å². The number of nitrogens with zero attached hydrogens (tertiary/aromatic N) is 1. The maximum Gasteiger partial charge on any atom is 0.231 e. The van der Waals surface area contributed by atoms with Crippen LogP contribution in [0.1, 0.15) is 13.3 Å². The average molecular weight is 284 g/mol. The summed E-state index contributed by atoms with van der Waals surface area (Å²) in [4.78, 5) is 16.2. The van der Waals surface area contributed by atoms with E-state index in [2.05, 4.69) is 22.5 Å². The van der Waals surface area contributed by atoms with Crippen LogP contribution in [0, 0.1) is 5.92 Å². The molecule has 104 valence electrons. The van der Waals surface area contributed by atoms with Crippen LogP contribution in [0.2, 0.25) is 5.02 Å². The molecule has 2 rings (SSSR count). The van der Waals surface area contributed by atoms with Gasteiger partial charge in [-0.1, -0.05) is 18.5 Å². The maximum atomic E-state index is 12.2. The minimum atomic E-state index is -0.192. The van der Waals surface area contributed by atoms with Crippen LogP contribution in [0.15, 0.2) is 18.5 Å². The molecule has 6 heteroatoms. The van der Waals surface area contributed by atoms with Gasteiger partial charge in [0.2, 0.25) is 5.91 Å². The Morgan fingerprint density at radius 3 is 3.16 bits per heavy atom. The highest BCUT2D eigenvalue weighted by atomic mass is 35.5. The van der Waals surface area contributed by atoms with Gasteiger partial charge in [0, 0.05) is 12.2 Å². The minimum Gasteiger partial charge on any atom is -0.379 e. The first-order valence-corrected chi connectivity index (χ1v) is 6.81. The molecule has 2 heterocycles. The lowest BCUT2D eigenvalue weighted by molar-refractivity contribution is -0.120. The molecule has 5 nitrogen and oxygen atoms in total. The first-order chi connectivity index (χ1) is 9.22. The normalized spacial score (nSPS) is 22.4. The van der Waals surface area contributed by atoms with Gasteiger partial charge in [-0.25, -0.2) is 0 Å². The van der Waals surface area contributed by atoms with Crippen molar-refractivity contribution in [3.05, 3.63) is 23.5 Å². The van der Waals surface area contributed by atoms with Gasteiger partial charge in [0.25, 0.3) is 0 Å². The van der Waals surface area contributed by atoms with Crippen molar-refractivity contribution in [1.82, 2.24) is 10.3 Å². The second kappa shape index (κ2) is 6.84. The zero-order valence-electron chi connectivity index (χ0n) is 10.9. The number of hydrogen-bond donors (Lipinski definition) is 2. The van der Waals surface area contributed by atoms with E-state index in [1.54, 1.807) is 18.5 Å². The summed E-state index contributed by atoms with van der Waals surface area (Å²) in [6.45, 7) is 3.97. The zero-order chi connectivity index (χ0) is 13.7. The molecule has 1 saturated heterocycles. The van der Waals surface area contributed by atoms with Gasteiger partial charge in [0.05, 0.1) is 36.0 Å². The quantitative estimate of drug-likeness (QED) is 0.863. The van der Waals surface area contributed by atoms with Crippen molar-refractivity contribution < 1.29 is 9.53 Å². The molecule has 19 heavy (non-hydrogen) atoms. The third-order valence-electron chi connectivity index (χ3n) is 3.10. The molecule has 0 bridgehead atoms. The van der Waals surface area contributed by atoms with Crippen molar-refractivity contribution in [1.29, 1.82) is 0 Å². The number of carbonyl (C=O) groups is 1. The molecule has 2 unspecified atom stereocenters. The second-order valence-electron chi connectivity index (χ2n) is 4.55. The summed E-state index contributed by atoms with van der Waals surface area (Å²) < 4.78 is 5.38. The summed E-state index contributed by atoms with van der Waals surface area (Å²) in [6.07, 6.45) is 4.16. The number of amides is 1. The first kappa shape index (κ1) is 14.2. The van der Waals surface area contributed by atoms with E-state index in [1.807, 2.05) is 0 Å². The maximum absolute atomic E-state index is 12.2. The smallest absolute Gasteiger partial charge is 0.231 e. The van der Waals surface area contributed by atoms with E-state index in [9.17, 15) is 4.79 Å². The fourth-order valence-corrected chi connectivity index (χ4v) is 2.19. The Bertz CT molecular complexity index is 442. The van der Waals surface area contributed by atoms with Crippen LogP contribution in [-0.4, -0.2) is 36.7 Å². The van der Waals surface area contributed by atoms with Crippen molar-refractivity contribution in [3.63, 3.8) is 0 Å². The molecule has 1 fully saturated rings. The van der Waals surface area contributed by atoms with Crippen LogP contribution in [0.25, 0.3) is 0 Å². The largest absolute Gasteiger partial charge is 0.379 e. The summed E-state index contributed by atoms with van der Waals surface area (Å²) in [5.74, 6) is -0.274. The number of nitrogens with one attached hydrogen (secondary N) is 2. The number of halogens is 1.